The highest BCUT2D eigenvalue weighted by molar-refractivity contribution is 5.94. The molecule has 1 aromatic carbocycles. The number of nitrogens with zero attached hydrogens (tertiary/aromatic N) is 3. The molecule has 26 heavy (non-hydrogen) atoms. The Morgan fingerprint density at radius 1 is 1.15 bits per heavy atom. The van der Waals surface area contributed by atoms with Crippen LogP contribution in [0.3, 0.4) is 0 Å². The maximum Gasteiger partial charge on any atom is 0.258 e. The van der Waals surface area contributed by atoms with Crippen LogP contribution in [0.2, 0.25) is 0 Å². The van der Waals surface area contributed by atoms with E-state index in [1.165, 1.54) is 6.92 Å². The smallest absolute Gasteiger partial charge is 0.258 e. The van der Waals surface area contributed by atoms with Crippen molar-refractivity contribution in [2.75, 3.05) is 6.61 Å². The van der Waals surface area contributed by atoms with Crippen molar-refractivity contribution >= 4 is 11.7 Å². The van der Waals surface area contributed by atoms with Crippen molar-refractivity contribution in [1.82, 2.24) is 19.9 Å². The summed E-state index contributed by atoms with van der Waals surface area (Å²) in [6.07, 6.45) is 6.87. The van der Waals surface area contributed by atoms with Gasteiger partial charge in [-0.05, 0) is 42.8 Å². The van der Waals surface area contributed by atoms with E-state index in [4.69, 9.17) is 4.74 Å². The topological polar surface area (TPSA) is 86.1 Å². The second kappa shape index (κ2) is 8.06. The highest BCUT2D eigenvalue weighted by atomic mass is 16.5. The van der Waals surface area contributed by atoms with Crippen molar-refractivity contribution in [3.05, 3.63) is 72.4 Å². The first kappa shape index (κ1) is 17.3. The molecule has 132 valence electrons. The summed E-state index contributed by atoms with van der Waals surface area (Å²) < 4.78 is 7.21. The molecule has 0 bridgehead atoms. The van der Waals surface area contributed by atoms with Crippen molar-refractivity contribution in [3.8, 4) is 11.6 Å². The van der Waals surface area contributed by atoms with Crippen molar-refractivity contribution in [2.24, 2.45) is 0 Å². The lowest BCUT2D eigenvalue weighted by molar-refractivity contribution is -0.123. The molecule has 0 saturated heterocycles. The molecule has 7 heteroatoms. The second-order valence-electron chi connectivity index (χ2n) is 5.64. The number of imidazole rings is 1. The van der Waals surface area contributed by atoms with Crippen LogP contribution in [0.1, 0.15) is 22.8 Å². The van der Waals surface area contributed by atoms with Crippen LogP contribution in [-0.4, -0.2) is 32.8 Å². The number of Topliss-reactive ketones (excluding diaryl/α,β-unsaturated/α-hetero) is 1. The lowest BCUT2D eigenvalue weighted by Gasteiger charge is -2.08. The number of amides is 1. The molecule has 0 aliphatic heterocycles. The van der Waals surface area contributed by atoms with Crippen LogP contribution in [-0.2, 0) is 11.3 Å². The summed E-state index contributed by atoms with van der Waals surface area (Å²) in [5, 5.41) is 2.78. The molecule has 0 unspecified atom stereocenters. The third kappa shape index (κ3) is 4.54. The fourth-order valence-corrected chi connectivity index (χ4v) is 2.26. The quantitative estimate of drug-likeness (QED) is 0.660. The van der Waals surface area contributed by atoms with Gasteiger partial charge in [0.05, 0.1) is 0 Å². The molecule has 3 aromatic rings. The molecule has 0 saturated carbocycles. The van der Waals surface area contributed by atoms with Gasteiger partial charge in [-0.1, -0.05) is 6.07 Å². The van der Waals surface area contributed by atoms with Crippen molar-refractivity contribution in [2.45, 2.75) is 13.5 Å². The van der Waals surface area contributed by atoms with Crippen molar-refractivity contribution < 1.29 is 14.3 Å². The van der Waals surface area contributed by atoms with Gasteiger partial charge in [-0.3, -0.25) is 14.2 Å². The molecule has 0 aliphatic carbocycles. The van der Waals surface area contributed by atoms with Crippen LogP contribution in [0, 0.1) is 0 Å². The average Bonchev–Trinajstić information content (AvgIpc) is 3.20. The average molecular weight is 350 g/mol. The minimum Gasteiger partial charge on any atom is -0.484 e. The van der Waals surface area contributed by atoms with Gasteiger partial charge in [-0.2, -0.15) is 0 Å². The number of hydrogen-bond donors (Lipinski definition) is 1. The van der Waals surface area contributed by atoms with E-state index in [0.717, 1.165) is 11.4 Å². The van der Waals surface area contributed by atoms with Gasteiger partial charge in [0.2, 0.25) is 0 Å². The fourth-order valence-electron chi connectivity index (χ4n) is 2.26. The van der Waals surface area contributed by atoms with E-state index in [1.54, 1.807) is 47.6 Å². The minimum absolute atomic E-state index is 0.0121. The summed E-state index contributed by atoms with van der Waals surface area (Å²) in [7, 11) is 0. The monoisotopic (exact) mass is 350 g/mol. The van der Waals surface area contributed by atoms with Gasteiger partial charge in [0.25, 0.3) is 5.91 Å². The molecule has 1 amide bonds. The second-order valence-corrected chi connectivity index (χ2v) is 5.64. The van der Waals surface area contributed by atoms with Crippen LogP contribution >= 0.6 is 0 Å². The van der Waals surface area contributed by atoms with Crippen molar-refractivity contribution in [1.29, 1.82) is 0 Å². The third-order valence-corrected chi connectivity index (χ3v) is 3.70. The molecule has 0 spiro atoms. The van der Waals surface area contributed by atoms with Crippen LogP contribution in [0.25, 0.3) is 5.82 Å². The largest absolute Gasteiger partial charge is 0.484 e. The van der Waals surface area contributed by atoms with E-state index in [-0.39, 0.29) is 18.3 Å². The lowest BCUT2D eigenvalue weighted by Crippen LogP contribution is -2.28. The molecule has 2 heterocycles. The number of nitrogens with one attached hydrogen (secondary N) is 1. The van der Waals surface area contributed by atoms with Gasteiger partial charge in [0, 0.05) is 30.7 Å². The Bertz CT molecular complexity index is 872. The Labute approximate surface area is 150 Å². The number of benzene rings is 1. The van der Waals surface area contributed by atoms with E-state index >= 15 is 0 Å². The Morgan fingerprint density at radius 3 is 2.58 bits per heavy atom. The summed E-state index contributed by atoms with van der Waals surface area (Å²) in [4.78, 5) is 31.4. The van der Waals surface area contributed by atoms with Gasteiger partial charge in [-0.15, -0.1) is 0 Å². The SMILES string of the molecule is CC(=O)c1ccc(OCC(=O)NCc2ccc(-n3ccnc3)nc2)cc1. The molecule has 0 aliphatic rings. The molecule has 3 rings (SSSR count). The third-order valence-electron chi connectivity index (χ3n) is 3.70. The number of carbonyl (C=O) groups is 2. The van der Waals surface area contributed by atoms with E-state index in [9.17, 15) is 9.59 Å². The summed E-state index contributed by atoms with van der Waals surface area (Å²) in [5.41, 5.74) is 1.49. The van der Waals surface area contributed by atoms with Gasteiger partial charge < -0.3 is 10.1 Å². The minimum atomic E-state index is -0.237. The molecule has 7 nitrogen and oxygen atoms in total. The number of pyridine rings is 1. The number of ketones is 1. The maximum absolute atomic E-state index is 11.9. The number of aromatic nitrogens is 3. The van der Waals surface area contributed by atoms with Crippen LogP contribution < -0.4 is 10.1 Å². The van der Waals surface area contributed by atoms with Gasteiger partial charge in [0.15, 0.2) is 12.4 Å². The first-order chi connectivity index (χ1) is 12.6. The van der Waals surface area contributed by atoms with Crippen LogP contribution in [0.15, 0.2) is 61.3 Å². The molecule has 0 radical (unpaired) electrons. The molecular weight excluding hydrogens is 332 g/mol. The Kier molecular flexibility index (Phi) is 5.38. The van der Waals surface area contributed by atoms with E-state index < -0.39 is 0 Å². The van der Waals surface area contributed by atoms with Crippen molar-refractivity contribution in [3.63, 3.8) is 0 Å². The molecule has 0 atom stereocenters. The van der Waals surface area contributed by atoms with E-state index in [0.29, 0.717) is 17.9 Å². The van der Waals surface area contributed by atoms with E-state index in [1.807, 2.05) is 18.3 Å². The lowest BCUT2D eigenvalue weighted by atomic mass is 10.1. The Balaban J connectivity index is 1.45. The zero-order chi connectivity index (χ0) is 18.4. The zero-order valence-electron chi connectivity index (χ0n) is 14.3. The fraction of sp³-hybridized carbons (Fsp3) is 0.158. The van der Waals surface area contributed by atoms with Crippen LogP contribution in [0.4, 0.5) is 0 Å². The molecule has 2 aromatic heterocycles. The molecule has 0 fully saturated rings. The first-order valence-corrected chi connectivity index (χ1v) is 8.05. The number of hydrogen-bond acceptors (Lipinski definition) is 5. The summed E-state index contributed by atoms with van der Waals surface area (Å²) in [6, 6.07) is 10.4. The molecule has 1 N–H and O–H groups in total. The van der Waals surface area contributed by atoms with E-state index in [2.05, 4.69) is 15.3 Å². The number of carbonyl (C=O) groups excluding carboxylic acids is 2. The Hall–Kier alpha value is -3.48. The predicted octanol–water partition coefficient (Wildman–Crippen LogP) is 2.17. The summed E-state index contributed by atoms with van der Waals surface area (Å²) in [6.45, 7) is 1.77. The predicted molar refractivity (Wildman–Crippen MR) is 95.1 cm³/mol. The van der Waals surface area contributed by atoms with Gasteiger partial charge in [-0.25, -0.2) is 9.97 Å². The summed E-state index contributed by atoms with van der Waals surface area (Å²) >= 11 is 0. The standard InChI is InChI=1S/C19H18N4O3/c1-14(24)16-3-5-17(6-4-16)26-12-19(25)22-11-15-2-7-18(21-10-15)23-9-8-20-13-23/h2-10,13H,11-12H2,1H3,(H,22,25). The van der Waals surface area contributed by atoms with Gasteiger partial charge >= 0.3 is 0 Å². The van der Waals surface area contributed by atoms with Crippen LogP contribution in [0.5, 0.6) is 5.75 Å². The Morgan fingerprint density at radius 2 is 1.96 bits per heavy atom. The van der Waals surface area contributed by atoms with Gasteiger partial charge in [0.1, 0.15) is 17.9 Å². The summed E-state index contributed by atoms with van der Waals surface area (Å²) in [5.74, 6) is 1.05. The highest BCUT2D eigenvalue weighted by Gasteiger charge is 2.05. The number of ether oxygens (including phenoxy) is 1. The first-order valence-electron chi connectivity index (χ1n) is 8.05. The number of rotatable bonds is 7. The highest BCUT2D eigenvalue weighted by Crippen LogP contribution is 2.12. The maximum atomic E-state index is 11.9. The zero-order valence-corrected chi connectivity index (χ0v) is 14.3. The normalized spacial score (nSPS) is 10.3. The molecular formula is C19H18N4O3.